The lowest BCUT2D eigenvalue weighted by Gasteiger charge is -2.54. The third kappa shape index (κ3) is 3.83. The normalized spacial score (nSPS) is 26.1. The number of nitrogens with zero attached hydrogens (tertiary/aromatic N) is 4. The van der Waals surface area contributed by atoms with Gasteiger partial charge in [-0.25, -0.2) is 4.98 Å². The van der Waals surface area contributed by atoms with Crippen molar-refractivity contribution in [3.63, 3.8) is 0 Å². The van der Waals surface area contributed by atoms with E-state index >= 15 is 0 Å². The van der Waals surface area contributed by atoms with Crippen molar-refractivity contribution in [2.24, 2.45) is 0 Å². The highest BCUT2D eigenvalue weighted by molar-refractivity contribution is 5.76. The van der Waals surface area contributed by atoms with E-state index in [0.717, 1.165) is 50.4 Å². The number of ether oxygens (including phenoxy) is 1. The Balaban J connectivity index is 1.17. The molecule has 1 saturated carbocycles. The van der Waals surface area contributed by atoms with Gasteiger partial charge in [0, 0.05) is 43.0 Å². The number of hydrogen-bond acceptors (Lipinski definition) is 6. The minimum atomic E-state index is -0.0913. The van der Waals surface area contributed by atoms with Crippen LogP contribution >= 0.6 is 0 Å². The zero-order valence-electron chi connectivity index (χ0n) is 17.0. The lowest BCUT2D eigenvalue weighted by atomic mass is 9.74. The van der Waals surface area contributed by atoms with E-state index < -0.39 is 0 Å². The molecule has 0 bridgehead atoms. The molecule has 2 aromatic rings. The van der Waals surface area contributed by atoms with Gasteiger partial charge in [-0.3, -0.25) is 14.4 Å². The summed E-state index contributed by atoms with van der Waals surface area (Å²) in [5, 5.41) is 7.50. The number of oxazole rings is 1. The summed E-state index contributed by atoms with van der Waals surface area (Å²) in [5.41, 5.74) is 2.19. The average molecular weight is 399 g/mol. The Bertz CT molecular complexity index is 871. The second-order valence-corrected chi connectivity index (χ2v) is 8.78. The monoisotopic (exact) mass is 399 g/mol. The number of rotatable bonds is 5. The summed E-state index contributed by atoms with van der Waals surface area (Å²) in [6.07, 6.45) is 9.11. The molecule has 2 unspecified atom stereocenters. The summed E-state index contributed by atoms with van der Waals surface area (Å²) in [7, 11) is 0. The van der Waals surface area contributed by atoms with Crippen molar-refractivity contribution >= 4 is 5.91 Å². The summed E-state index contributed by atoms with van der Waals surface area (Å²) in [4.78, 5) is 19.6. The SMILES string of the molecule is Cc1coc(CN2CC(CC(=O)NC3CCn4nccc4C3)OCC23CCC3)n1. The lowest BCUT2D eigenvalue weighted by molar-refractivity contribution is -0.155. The lowest BCUT2D eigenvalue weighted by Crippen LogP contribution is -2.63. The van der Waals surface area contributed by atoms with Gasteiger partial charge in [-0.1, -0.05) is 0 Å². The first-order valence-electron chi connectivity index (χ1n) is 10.7. The highest BCUT2D eigenvalue weighted by atomic mass is 16.5. The predicted octanol–water partition coefficient (Wildman–Crippen LogP) is 1.82. The van der Waals surface area contributed by atoms with Crippen molar-refractivity contribution in [3.8, 4) is 0 Å². The highest BCUT2D eigenvalue weighted by Crippen LogP contribution is 2.41. The molecular weight excluding hydrogens is 370 g/mol. The molecule has 8 nitrogen and oxygen atoms in total. The largest absolute Gasteiger partial charge is 0.447 e. The van der Waals surface area contributed by atoms with Crippen LogP contribution in [0.15, 0.2) is 22.9 Å². The minimum Gasteiger partial charge on any atom is -0.447 e. The number of nitrogens with one attached hydrogen (secondary N) is 1. The van der Waals surface area contributed by atoms with Crippen LogP contribution < -0.4 is 5.32 Å². The number of aryl methyl sites for hydroxylation is 2. The van der Waals surface area contributed by atoms with Crippen LogP contribution in [0.1, 0.15) is 49.4 Å². The van der Waals surface area contributed by atoms with E-state index in [0.29, 0.717) is 19.6 Å². The molecule has 1 amide bonds. The Morgan fingerprint density at radius 3 is 3.07 bits per heavy atom. The zero-order valence-corrected chi connectivity index (χ0v) is 17.0. The average Bonchev–Trinajstić information content (AvgIpc) is 3.29. The number of hydrogen-bond donors (Lipinski definition) is 1. The molecule has 4 heterocycles. The summed E-state index contributed by atoms with van der Waals surface area (Å²) in [5.74, 6) is 0.821. The standard InChI is InChI=1S/C21H29N5O3/c1-15-13-28-20(23-15)12-25-11-18(29-14-21(25)5-2-6-21)10-19(27)24-16-4-8-26-17(9-16)3-7-22-26/h3,7,13,16,18H,2,4-6,8-12,14H2,1H3,(H,24,27). The molecule has 29 heavy (non-hydrogen) atoms. The molecule has 1 aliphatic carbocycles. The molecule has 2 atom stereocenters. The van der Waals surface area contributed by atoms with Gasteiger partial charge in [-0.15, -0.1) is 0 Å². The van der Waals surface area contributed by atoms with Crippen LogP contribution in [-0.4, -0.2) is 56.4 Å². The van der Waals surface area contributed by atoms with Gasteiger partial charge in [0.25, 0.3) is 0 Å². The van der Waals surface area contributed by atoms with Gasteiger partial charge in [0.05, 0.1) is 31.4 Å². The van der Waals surface area contributed by atoms with Gasteiger partial charge in [0.2, 0.25) is 11.8 Å². The fourth-order valence-electron chi connectivity index (χ4n) is 4.88. The summed E-state index contributed by atoms with van der Waals surface area (Å²) >= 11 is 0. The van der Waals surface area contributed by atoms with Crippen molar-refractivity contribution in [3.05, 3.63) is 35.8 Å². The Labute approximate surface area is 170 Å². The Hall–Kier alpha value is -2.19. The molecule has 0 aromatic carbocycles. The third-order valence-corrected chi connectivity index (χ3v) is 6.69. The summed E-state index contributed by atoms with van der Waals surface area (Å²) in [6, 6.07) is 2.21. The Morgan fingerprint density at radius 2 is 2.31 bits per heavy atom. The molecule has 8 heteroatoms. The molecule has 3 aliphatic rings. The van der Waals surface area contributed by atoms with Crippen LogP contribution in [0.3, 0.4) is 0 Å². The minimum absolute atomic E-state index is 0.0736. The highest BCUT2D eigenvalue weighted by Gasteiger charge is 2.47. The molecule has 1 N–H and O–H groups in total. The van der Waals surface area contributed by atoms with Crippen molar-refractivity contribution in [2.75, 3.05) is 13.2 Å². The van der Waals surface area contributed by atoms with Gasteiger partial charge in [-0.05, 0) is 38.7 Å². The van der Waals surface area contributed by atoms with E-state index in [2.05, 4.69) is 20.3 Å². The van der Waals surface area contributed by atoms with Gasteiger partial charge in [0.15, 0.2) is 0 Å². The van der Waals surface area contributed by atoms with Gasteiger partial charge in [-0.2, -0.15) is 5.10 Å². The summed E-state index contributed by atoms with van der Waals surface area (Å²) < 4.78 is 13.8. The molecular formula is C21H29N5O3. The Morgan fingerprint density at radius 1 is 1.41 bits per heavy atom. The maximum absolute atomic E-state index is 12.7. The quantitative estimate of drug-likeness (QED) is 0.826. The van der Waals surface area contributed by atoms with Crippen LogP contribution in [0, 0.1) is 6.92 Å². The fourth-order valence-corrected chi connectivity index (χ4v) is 4.88. The number of morpholine rings is 1. The van der Waals surface area contributed by atoms with Crippen LogP contribution in [-0.2, 0) is 29.0 Å². The number of carbonyl (C=O) groups excluding carboxylic acids is 1. The molecule has 0 radical (unpaired) electrons. The molecule has 2 aromatic heterocycles. The molecule has 1 spiro atoms. The van der Waals surface area contributed by atoms with Gasteiger partial charge in [0.1, 0.15) is 6.26 Å². The first-order valence-corrected chi connectivity index (χ1v) is 10.7. The van der Waals surface area contributed by atoms with Crippen LogP contribution in [0.2, 0.25) is 0 Å². The van der Waals surface area contributed by atoms with E-state index in [1.807, 2.05) is 23.9 Å². The molecule has 2 aliphatic heterocycles. The van der Waals surface area contributed by atoms with Crippen molar-refractivity contribution in [1.29, 1.82) is 0 Å². The molecule has 5 rings (SSSR count). The molecule has 1 saturated heterocycles. The van der Waals surface area contributed by atoms with E-state index in [-0.39, 0.29) is 23.6 Å². The third-order valence-electron chi connectivity index (χ3n) is 6.69. The maximum Gasteiger partial charge on any atom is 0.222 e. The number of aromatic nitrogens is 3. The Kier molecular flexibility index (Phi) is 4.91. The maximum atomic E-state index is 12.7. The van der Waals surface area contributed by atoms with E-state index in [1.165, 1.54) is 12.1 Å². The molecule has 2 fully saturated rings. The van der Waals surface area contributed by atoms with Crippen LogP contribution in [0.4, 0.5) is 0 Å². The van der Waals surface area contributed by atoms with Crippen LogP contribution in [0.5, 0.6) is 0 Å². The molecule has 156 valence electrons. The fraction of sp³-hybridized carbons (Fsp3) is 0.667. The number of amides is 1. The first-order chi connectivity index (χ1) is 14.1. The van der Waals surface area contributed by atoms with Gasteiger partial charge < -0.3 is 14.5 Å². The van der Waals surface area contributed by atoms with Crippen molar-refractivity contribution in [2.45, 2.75) is 76.2 Å². The zero-order chi connectivity index (χ0) is 19.8. The van der Waals surface area contributed by atoms with Crippen LogP contribution in [0.25, 0.3) is 0 Å². The summed E-state index contributed by atoms with van der Waals surface area (Å²) in [6.45, 7) is 4.91. The predicted molar refractivity (Wildman–Crippen MR) is 105 cm³/mol. The smallest absolute Gasteiger partial charge is 0.222 e. The van der Waals surface area contributed by atoms with Crippen molar-refractivity contribution < 1.29 is 13.9 Å². The topological polar surface area (TPSA) is 85.4 Å². The first kappa shape index (κ1) is 18.8. The van der Waals surface area contributed by atoms with Crippen molar-refractivity contribution in [1.82, 2.24) is 25.0 Å². The van der Waals surface area contributed by atoms with E-state index in [9.17, 15) is 4.79 Å². The second-order valence-electron chi connectivity index (χ2n) is 8.78. The van der Waals surface area contributed by atoms with E-state index in [4.69, 9.17) is 9.15 Å². The van der Waals surface area contributed by atoms with E-state index in [1.54, 1.807) is 6.26 Å². The second kappa shape index (κ2) is 7.57. The number of fused-ring (bicyclic) bond motifs is 1. The van der Waals surface area contributed by atoms with Gasteiger partial charge >= 0.3 is 0 Å². The number of carbonyl (C=O) groups is 1.